The van der Waals surface area contributed by atoms with Crippen molar-refractivity contribution in [1.29, 1.82) is 0 Å². The molecule has 0 unspecified atom stereocenters. The maximum absolute atomic E-state index is 13.7. The highest BCUT2D eigenvalue weighted by Gasteiger charge is 2.33. The Morgan fingerprint density at radius 1 is 0.868 bits per heavy atom. The van der Waals surface area contributed by atoms with E-state index in [2.05, 4.69) is 36.5 Å². The normalized spacial score (nSPS) is 15.3. The van der Waals surface area contributed by atoms with E-state index in [1.54, 1.807) is 6.92 Å². The van der Waals surface area contributed by atoms with E-state index in [1.807, 2.05) is 84.6 Å². The second-order valence-corrected chi connectivity index (χ2v) is 9.91. The van der Waals surface area contributed by atoms with E-state index in [0.29, 0.717) is 17.9 Å². The zero-order chi connectivity index (χ0) is 26.6. The molecule has 38 heavy (non-hydrogen) atoms. The number of hydrogen-bond donors (Lipinski definition) is 1. The van der Waals surface area contributed by atoms with Gasteiger partial charge < -0.3 is 15.0 Å². The van der Waals surface area contributed by atoms with Crippen LogP contribution in [0.4, 0.5) is 5.69 Å². The van der Waals surface area contributed by atoms with Crippen LogP contribution in [0.15, 0.2) is 97.1 Å². The van der Waals surface area contributed by atoms with Crippen LogP contribution in [-0.2, 0) is 11.2 Å². The molecule has 2 atom stereocenters. The molecule has 0 bridgehead atoms. The number of rotatable bonds is 6. The van der Waals surface area contributed by atoms with Gasteiger partial charge in [-0.2, -0.15) is 0 Å². The SMILES string of the molecule is Cc1cccc(NC(=O)[C@@H](C)Oc2ccc3c(c2)[C@H](c2cccc(C)c2)N(C(=O)c2ccccc2)CC3)c1. The second kappa shape index (κ2) is 10.9. The van der Waals surface area contributed by atoms with E-state index in [0.717, 1.165) is 34.4 Å². The summed E-state index contributed by atoms with van der Waals surface area (Å²) in [4.78, 5) is 28.5. The number of amides is 2. The van der Waals surface area contributed by atoms with Crippen LogP contribution in [0.3, 0.4) is 0 Å². The number of fused-ring (bicyclic) bond motifs is 1. The summed E-state index contributed by atoms with van der Waals surface area (Å²) in [5.74, 6) is 0.381. The average Bonchev–Trinajstić information content (AvgIpc) is 2.92. The third-order valence-corrected chi connectivity index (χ3v) is 6.95. The van der Waals surface area contributed by atoms with Crippen molar-refractivity contribution in [3.63, 3.8) is 0 Å². The topological polar surface area (TPSA) is 58.6 Å². The third-order valence-electron chi connectivity index (χ3n) is 6.95. The van der Waals surface area contributed by atoms with E-state index < -0.39 is 6.10 Å². The summed E-state index contributed by atoms with van der Waals surface area (Å²) in [6, 6.07) is 31.1. The number of nitrogens with one attached hydrogen (secondary N) is 1. The first kappa shape index (κ1) is 25.3. The molecule has 0 aromatic heterocycles. The highest BCUT2D eigenvalue weighted by molar-refractivity contribution is 5.95. The quantitative estimate of drug-likeness (QED) is 0.326. The zero-order valence-corrected chi connectivity index (χ0v) is 22.0. The Kier molecular flexibility index (Phi) is 7.27. The second-order valence-electron chi connectivity index (χ2n) is 9.91. The molecule has 4 aromatic carbocycles. The fourth-order valence-corrected chi connectivity index (χ4v) is 5.06. The lowest BCUT2D eigenvalue weighted by Crippen LogP contribution is -2.40. The summed E-state index contributed by atoms with van der Waals surface area (Å²) < 4.78 is 6.12. The lowest BCUT2D eigenvalue weighted by molar-refractivity contribution is -0.122. The molecule has 5 heteroatoms. The van der Waals surface area contributed by atoms with Gasteiger partial charge in [0.2, 0.25) is 0 Å². The van der Waals surface area contributed by atoms with Crippen molar-refractivity contribution < 1.29 is 14.3 Å². The van der Waals surface area contributed by atoms with Gasteiger partial charge >= 0.3 is 0 Å². The van der Waals surface area contributed by atoms with Gasteiger partial charge in [0.25, 0.3) is 11.8 Å². The van der Waals surface area contributed by atoms with Crippen molar-refractivity contribution in [2.45, 2.75) is 39.3 Å². The van der Waals surface area contributed by atoms with Gasteiger partial charge in [-0.1, -0.05) is 66.2 Å². The molecule has 5 nitrogen and oxygen atoms in total. The molecule has 1 aliphatic heterocycles. The molecule has 192 valence electrons. The first-order chi connectivity index (χ1) is 18.4. The van der Waals surface area contributed by atoms with E-state index in [1.165, 1.54) is 5.56 Å². The Morgan fingerprint density at radius 3 is 2.34 bits per heavy atom. The predicted molar refractivity (Wildman–Crippen MR) is 151 cm³/mol. The Hall–Kier alpha value is -4.38. The lowest BCUT2D eigenvalue weighted by atomic mass is 9.87. The first-order valence-corrected chi connectivity index (χ1v) is 13.0. The molecule has 0 saturated heterocycles. The predicted octanol–water partition coefficient (Wildman–Crippen LogP) is 6.50. The Morgan fingerprint density at radius 2 is 1.61 bits per heavy atom. The monoisotopic (exact) mass is 504 g/mol. The van der Waals surface area contributed by atoms with Crippen LogP contribution < -0.4 is 10.1 Å². The fourth-order valence-electron chi connectivity index (χ4n) is 5.06. The standard InChI is InChI=1S/C33H32N2O3/c1-22-9-7-13-27(19-22)31-30-21-29(38-24(3)32(36)34-28-14-8-10-23(2)20-28)16-15-25(30)17-18-35(31)33(37)26-11-5-4-6-12-26/h4-16,19-21,24,31H,17-18H2,1-3H3,(H,34,36)/t24-,31+/m1/s1. The molecular weight excluding hydrogens is 472 g/mol. The minimum Gasteiger partial charge on any atom is -0.481 e. The largest absolute Gasteiger partial charge is 0.481 e. The molecule has 4 aromatic rings. The van der Waals surface area contributed by atoms with Gasteiger partial charge in [0.1, 0.15) is 5.75 Å². The van der Waals surface area contributed by atoms with Crippen molar-refractivity contribution >= 4 is 17.5 Å². The number of nitrogens with zero attached hydrogens (tertiary/aromatic N) is 1. The maximum Gasteiger partial charge on any atom is 0.265 e. The van der Waals surface area contributed by atoms with E-state index >= 15 is 0 Å². The van der Waals surface area contributed by atoms with Crippen LogP contribution in [0.25, 0.3) is 0 Å². The van der Waals surface area contributed by atoms with Gasteiger partial charge in [0, 0.05) is 17.8 Å². The highest BCUT2D eigenvalue weighted by atomic mass is 16.5. The van der Waals surface area contributed by atoms with Gasteiger partial charge in [0.05, 0.1) is 6.04 Å². The number of benzene rings is 4. The number of aryl methyl sites for hydroxylation is 2. The average molecular weight is 505 g/mol. The molecular formula is C33H32N2O3. The molecule has 5 rings (SSSR count). The van der Waals surface area contributed by atoms with Crippen molar-refractivity contribution in [1.82, 2.24) is 4.90 Å². The van der Waals surface area contributed by atoms with Crippen LogP contribution in [-0.4, -0.2) is 29.4 Å². The Balaban J connectivity index is 1.45. The fraction of sp³-hybridized carbons (Fsp3) is 0.212. The number of anilines is 1. The minimum absolute atomic E-state index is 0.0000204. The lowest BCUT2D eigenvalue weighted by Gasteiger charge is -2.38. The van der Waals surface area contributed by atoms with Crippen molar-refractivity contribution in [2.24, 2.45) is 0 Å². The summed E-state index contributed by atoms with van der Waals surface area (Å²) in [5, 5.41) is 2.93. The van der Waals surface area contributed by atoms with Gasteiger partial charge in [-0.15, -0.1) is 0 Å². The van der Waals surface area contributed by atoms with Crippen LogP contribution in [0, 0.1) is 13.8 Å². The van der Waals surface area contributed by atoms with Crippen LogP contribution in [0.1, 0.15) is 51.1 Å². The maximum atomic E-state index is 13.7. The molecule has 0 spiro atoms. The Labute approximate surface area is 224 Å². The number of carbonyl (C=O) groups excluding carboxylic acids is 2. The molecule has 1 aliphatic rings. The summed E-state index contributed by atoms with van der Waals surface area (Å²) >= 11 is 0. The van der Waals surface area contributed by atoms with Gasteiger partial charge in [-0.05, 0) is 85.8 Å². The molecule has 1 N–H and O–H groups in total. The van der Waals surface area contributed by atoms with E-state index in [-0.39, 0.29) is 17.9 Å². The Bertz CT molecular complexity index is 1460. The molecule has 0 fully saturated rings. The number of ether oxygens (including phenoxy) is 1. The van der Waals surface area contributed by atoms with Gasteiger partial charge in [0.15, 0.2) is 6.10 Å². The molecule has 2 amide bonds. The third kappa shape index (κ3) is 5.47. The van der Waals surface area contributed by atoms with Crippen molar-refractivity contribution in [3.05, 3.63) is 130 Å². The van der Waals surface area contributed by atoms with Gasteiger partial charge in [-0.25, -0.2) is 0 Å². The van der Waals surface area contributed by atoms with E-state index in [9.17, 15) is 9.59 Å². The number of hydrogen-bond acceptors (Lipinski definition) is 3. The van der Waals surface area contributed by atoms with E-state index in [4.69, 9.17) is 4.74 Å². The van der Waals surface area contributed by atoms with Crippen LogP contribution in [0.5, 0.6) is 5.75 Å². The van der Waals surface area contributed by atoms with Crippen LogP contribution >= 0.6 is 0 Å². The first-order valence-electron chi connectivity index (χ1n) is 13.0. The minimum atomic E-state index is -0.698. The highest BCUT2D eigenvalue weighted by Crippen LogP contribution is 2.38. The van der Waals surface area contributed by atoms with Crippen LogP contribution in [0.2, 0.25) is 0 Å². The number of carbonyl (C=O) groups is 2. The summed E-state index contributed by atoms with van der Waals surface area (Å²) in [7, 11) is 0. The summed E-state index contributed by atoms with van der Waals surface area (Å²) in [6.45, 7) is 6.41. The summed E-state index contributed by atoms with van der Waals surface area (Å²) in [6.07, 6.45) is 0.0523. The molecule has 0 radical (unpaired) electrons. The zero-order valence-electron chi connectivity index (χ0n) is 22.0. The van der Waals surface area contributed by atoms with Gasteiger partial charge in [-0.3, -0.25) is 9.59 Å². The molecule has 0 saturated carbocycles. The molecule has 0 aliphatic carbocycles. The summed E-state index contributed by atoms with van der Waals surface area (Å²) in [5.41, 5.74) is 6.87. The van der Waals surface area contributed by atoms with Crippen molar-refractivity contribution in [3.8, 4) is 5.75 Å². The molecule has 1 heterocycles. The van der Waals surface area contributed by atoms with Crippen molar-refractivity contribution in [2.75, 3.05) is 11.9 Å². The smallest absolute Gasteiger partial charge is 0.265 e.